The Balaban J connectivity index is 1.49. The van der Waals surface area contributed by atoms with Gasteiger partial charge in [-0.3, -0.25) is 24.1 Å². The predicted molar refractivity (Wildman–Crippen MR) is 148 cm³/mol. The number of hydrogen-bond donors (Lipinski definition) is 2. The van der Waals surface area contributed by atoms with Crippen molar-refractivity contribution >= 4 is 51.0 Å². The van der Waals surface area contributed by atoms with E-state index < -0.39 is 41.5 Å². The van der Waals surface area contributed by atoms with Crippen LogP contribution in [0.4, 0.5) is 5.69 Å². The van der Waals surface area contributed by atoms with Crippen LogP contribution in [0.25, 0.3) is 0 Å². The molecule has 2 aromatic rings. The first kappa shape index (κ1) is 26.1. The zero-order chi connectivity index (χ0) is 28.6. The highest BCUT2D eigenvalue weighted by Crippen LogP contribution is 2.56. The van der Waals surface area contributed by atoms with Crippen molar-refractivity contribution in [2.75, 3.05) is 4.90 Å². The van der Waals surface area contributed by atoms with E-state index in [9.17, 15) is 34.2 Å². The van der Waals surface area contributed by atoms with Gasteiger partial charge < -0.3 is 10.2 Å². The highest BCUT2D eigenvalue weighted by molar-refractivity contribution is 9.12. The van der Waals surface area contributed by atoms with Gasteiger partial charge in [0.1, 0.15) is 5.75 Å². The molecule has 4 aliphatic rings. The van der Waals surface area contributed by atoms with E-state index in [1.807, 2.05) is 6.08 Å². The van der Waals surface area contributed by atoms with Crippen molar-refractivity contribution in [3.8, 4) is 5.75 Å². The number of carbonyl (C=O) groups is 5. The summed E-state index contributed by atoms with van der Waals surface area (Å²) >= 11 is 3.22. The van der Waals surface area contributed by atoms with Gasteiger partial charge in [0.05, 0.1) is 27.6 Å². The number of nitrogens with zero attached hydrogens (tertiary/aromatic N) is 1. The first-order valence-electron chi connectivity index (χ1n) is 12.9. The Kier molecular flexibility index (Phi) is 6.03. The number of aromatic carboxylic acids is 1. The molecule has 0 radical (unpaired) electrons. The van der Waals surface area contributed by atoms with Gasteiger partial charge >= 0.3 is 5.97 Å². The molecular weight excluding hydrogens is 578 g/mol. The summed E-state index contributed by atoms with van der Waals surface area (Å²) in [7, 11) is 0. The quantitative estimate of drug-likeness (QED) is 0.297. The van der Waals surface area contributed by atoms with Gasteiger partial charge in [0.2, 0.25) is 11.8 Å². The number of aromatic hydroxyl groups is 1. The third kappa shape index (κ3) is 3.75. The topological polar surface area (TPSA) is 129 Å². The lowest BCUT2D eigenvalue weighted by atomic mass is 9.59. The lowest BCUT2D eigenvalue weighted by Gasteiger charge is -2.42. The van der Waals surface area contributed by atoms with Crippen LogP contribution in [-0.4, -0.2) is 39.6 Å². The number of carbonyl (C=O) groups excluding carboxylic acids is 4. The molecule has 0 unspecified atom stereocenters. The predicted octanol–water partition coefficient (Wildman–Crippen LogP) is 4.67. The molecule has 2 N–H and O–H groups in total. The van der Waals surface area contributed by atoms with Crippen molar-refractivity contribution in [2.24, 2.45) is 17.8 Å². The number of anilines is 1. The van der Waals surface area contributed by atoms with Crippen LogP contribution >= 0.6 is 15.9 Å². The highest BCUT2D eigenvalue weighted by Gasteiger charge is 2.56. The molecule has 1 aliphatic heterocycles. The van der Waals surface area contributed by atoms with Crippen molar-refractivity contribution in [3.63, 3.8) is 0 Å². The van der Waals surface area contributed by atoms with Crippen molar-refractivity contribution in [1.29, 1.82) is 0 Å². The number of phenols is 1. The first-order valence-corrected chi connectivity index (χ1v) is 13.7. The Hall–Kier alpha value is -4.11. The van der Waals surface area contributed by atoms with Crippen LogP contribution in [0, 0.1) is 31.6 Å². The van der Waals surface area contributed by atoms with Crippen molar-refractivity contribution in [3.05, 3.63) is 92.0 Å². The number of hydrogen-bond acceptors (Lipinski definition) is 6. The molecule has 4 atom stereocenters. The minimum Gasteiger partial charge on any atom is -0.507 e. The van der Waals surface area contributed by atoms with Gasteiger partial charge in [0.15, 0.2) is 11.6 Å². The third-order valence-electron chi connectivity index (χ3n) is 8.53. The molecule has 0 bridgehead atoms. The van der Waals surface area contributed by atoms with E-state index in [2.05, 4.69) is 15.9 Å². The van der Waals surface area contributed by atoms with Crippen LogP contribution in [0.15, 0.2) is 69.8 Å². The van der Waals surface area contributed by atoms with E-state index in [1.54, 1.807) is 26.0 Å². The second kappa shape index (κ2) is 9.23. The number of fused-ring (bicyclic) bond motifs is 3. The number of carboxylic acid groups (broad SMARTS) is 1. The number of benzene rings is 2. The largest absolute Gasteiger partial charge is 0.507 e. The summed E-state index contributed by atoms with van der Waals surface area (Å²) in [5.74, 6) is -5.08. The molecule has 1 saturated heterocycles. The van der Waals surface area contributed by atoms with Gasteiger partial charge in [-0.2, -0.15) is 0 Å². The molecule has 0 aromatic heterocycles. The summed E-state index contributed by atoms with van der Waals surface area (Å²) < 4.78 is 0.147. The SMILES string of the molecule is Cc1cc([C@H]2C3=CC[C@@H]4C(=O)N(c5cccc(C(=O)O)c5)C(=O)[C@@H]4[C@@H]3CC3=C2C(=O)C=C(Br)C3=O)cc(C)c1O. The van der Waals surface area contributed by atoms with Crippen LogP contribution in [0.5, 0.6) is 5.75 Å². The molecule has 2 aromatic carbocycles. The van der Waals surface area contributed by atoms with Gasteiger partial charge in [-0.05, 0) is 83.4 Å². The van der Waals surface area contributed by atoms with Crippen LogP contribution < -0.4 is 4.90 Å². The summed E-state index contributed by atoms with van der Waals surface area (Å²) in [4.78, 5) is 66.9. The number of ketones is 2. The normalized spacial score (nSPS) is 25.8. The third-order valence-corrected chi connectivity index (χ3v) is 9.12. The van der Waals surface area contributed by atoms with Crippen molar-refractivity contribution < 1.29 is 34.2 Å². The van der Waals surface area contributed by atoms with Gasteiger partial charge in [0, 0.05) is 23.1 Å². The van der Waals surface area contributed by atoms with Crippen molar-refractivity contribution in [2.45, 2.75) is 32.6 Å². The lowest BCUT2D eigenvalue weighted by molar-refractivity contribution is -0.123. The van der Waals surface area contributed by atoms with Crippen LogP contribution in [-0.2, 0) is 19.2 Å². The molecule has 3 aliphatic carbocycles. The van der Waals surface area contributed by atoms with E-state index in [-0.39, 0.29) is 45.9 Å². The number of allylic oxidation sites excluding steroid dienone is 6. The van der Waals surface area contributed by atoms with Crippen molar-refractivity contribution in [1.82, 2.24) is 0 Å². The zero-order valence-corrected chi connectivity index (χ0v) is 23.2. The molecular formula is C31H24BrNO7. The Morgan fingerprint density at radius 1 is 1.00 bits per heavy atom. The van der Waals surface area contributed by atoms with E-state index in [0.717, 1.165) is 16.0 Å². The number of aryl methyl sites for hydroxylation is 2. The van der Waals surface area contributed by atoms with E-state index in [0.29, 0.717) is 22.3 Å². The maximum atomic E-state index is 14.0. The summed E-state index contributed by atoms with van der Waals surface area (Å²) in [5.41, 5.74) is 3.61. The Morgan fingerprint density at radius 3 is 2.38 bits per heavy atom. The number of imide groups is 1. The lowest BCUT2D eigenvalue weighted by Crippen LogP contribution is -2.39. The molecule has 40 heavy (non-hydrogen) atoms. The minimum atomic E-state index is -1.17. The molecule has 0 spiro atoms. The van der Waals surface area contributed by atoms with Gasteiger partial charge in [0.25, 0.3) is 0 Å². The van der Waals surface area contributed by atoms with Gasteiger partial charge in [-0.25, -0.2) is 4.79 Å². The standard InChI is InChI=1S/C31H24BrNO7/c1-13-8-16(9-14(2)27(13)35)24-18-6-7-19-25(20(18)11-21-26(24)23(34)12-22(32)28(21)36)30(38)33(29(19)37)17-5-3-4-15(10-17)31(39)40/h3-6,8-10,12,19-20,24-25,35H,7,11H2,1-2H3,(H,39,40)/t19-,20+,24-,25-/m0/s1. The van der Waals surface area contributed by atoms with E-state index in [1.165, 1.54) is 30.3 Å². The average molecular weight is 602 g/mol. The smallest absolute Gasteiger partial charge is 0.335 e. The number of carboxylic acids is 1. The first-order chi connectivity index (χ1) is 19.0. The summed E-state index contributed by atoms with van der Waals surface area (Å²) in [6.07, 6.45) is 3.60. The number of Topliss-reactive ketones (excluding diaryl/α,β-unsaturated/α-hetero) is 1. The fourth-order valence-corrected chi connectivity index (χ4v) is 7.22. The van der Waals surface area contributed by atoms with E-state index in [4.69, 9.17) is 0 Å². The van der Waals surface area contributed by atoms with Crippen LogP contribution in [0.2, 0.25) is 0 Å². The van der Waals surface area contributed by atoms with E-state index >= 15 is 0 Å². The maximum Gasteiger partial charge on any atom is 0.335 e. The molecule has 6 rings (SSSR count). The Bertz CT molecular complexity index is 1660. The van der Waals surface area contributed by atoms with Crippen LogP contribution in [0.1, 0.15) is 45.8 Å². The number of rotatable bonds is 3. The summed E-state index contributed by atoms with van der Waals surface area (Å²) in [6.45, 7) is 3.53. The fourth-order valence-electron chi connectivity index (χ4n) is 6.77. The van der Waals surface area contributed by atoms with Crippen LogP contribution in [0.3, 0.4) is 0 Å². The highest BCUT2D eigenvalue weighted by atomic mass is 79.9. The second-order valence-corrected chi connectivity index (χ2v) is 11.6. The molecule has 8 nitrogen and oxygen atoms in total. The minimum absolute atomic E-state index is 0.0414. The zero-order valence-electron chi connectivity index (χ0n) is 21.6. The number of phenolic OH excluding ortho intramolecular Hbond substituents is 1. The molecule has 202 valence electrons. The average Bonchev–Trinajstić information content (AvgIpc) is 3.18. The Labute approximate surface area is 237 Å². The molecule has 0 saturated carbocycles. The maximum absolute atomic E-state index is 14.0. The summed E-state index contributed by atoms with van der Waals surface area (Å²) in [5, 5.41) is 19.8. The molecule has 2 amide bonds. The number of amides is 2. The molecule has 9 heteroatoms. The summed E-state index contributed by atoms with van der Waals surface area (Å²) in [6, 6.07) is 9.31. The van der Waals surface area contributed by atoms with Gasteiger partial charge in [-0.1, -0.05) is 29.8 Å². The van der Waals surface area contributed by atoms with Gasteiger partial charge in [-0.15, -0.1) is 0 Å². The molecule has 1 fully saturated rings. The monoisotopic (exact) mass is 601 g/mol. The fraction of sp³-hybridized carbons (Fsp3) is 0.258. The Morgan fingerprint density at radius 2 is 1.70 bits per heavy atom. The molecule has 1 heterocycles. The number of halogens is 1. The second-order valence-electron chi connectivity index (χ2n) is 10.8.